The van der Waals surface area contributed by atoms with Gasteiger partial charge in [-0.25, -0.2) is 0 Å². The number of benzene rings is 2. The Labute approximate surface area is 126 Å². The number of nitrogens with zero attached hydrogens (tertiary/aromatic N) is 1. The predicted octanol–water partition coefficient (Wildman–Crippen LogP) is 3.56. The number of carbonyl (C=O) groups excluding carboxylic acids is 1. The molecule has 0 bridgehead atoms. The van der Waals surface area contributed by atoms with Crippen molar-refractivity contribution in [3.63, 3.8) is 0 Å². The maximum Gasteiger partial charge on any atom is 0.251 e. The molecule has 20 heavy (non-hydrogen) atoms. The van der Waals surface area contributed by atoms with Crippen molar-refractivity contribution in [1.82, 2.24) is 5.32 Å². The molecule has 100 valence electrons. The number of hydrogen-bond acceptors (Lipinski definition) is 2. The third kappa shape index (κ3) is 3.46. The molecule has 0 fully saturated rings. The maximum absolute atomic E-state index is 12.1. The van der Waals surface area contributed by atoms with Crippen LogP contribution in [-0.2, 0) is 6.54 Å². The molecule has 2 rings (SSSR count). The zero-order valence-electron chi connectivity index (χ0n) is 11.0. The molecule has 2 aromatic rings. The Hall–Kier alpha value is -2.12. The summed E-state index contributed by atoms with van der Waals surface area (Å²) >= 11 is 3.37. The van der Waals surface area contributed by atoms with Crippen LogP contribution in [0.3, 0.4) is 0 Å². The highest BCUT2D eigenvalue weighted by atomic mass is 79.9. The van der Waals surface area contributed by atoms with Crippen molar-refractivity contribution in [3.05, 3.63) is 69.2 Å². The van der Waals surface area contributed by atoms with E-state index < -0.39 is 0 Å². The van der Waals surface area contributed by atoms with Crippen molar-refractivity contribution in [1.29, 1.82) is 5.26 Å². The van der Waals surface area contributed by atoms with Crippen molar-refractivity contribution >= 4 is 21.8 Å². The number of amides is 1. The summed E-state index contributed by atoms with van der Waals surface area (Å²) in [4.78, 5) is 12.1. The maximum atomic E-state index is 12.1. The first-order chi connectivity index (χ1) is 9.60. The standard InChI is InChI=1S/C16H13BrN2O/c1-11-7-14(17)5-6-15(11)16(20)19-10-13-4-2-3-12(8-13)9-18/h2-8H,10H2,1H3,(H,19,20). The molecular weight excluding hydrogens is 316 g/mol. The Bertz CT molecular complexity index is 689. The summed E-state index contributed by atoms with van der Waals surface area (Å²) in [5, 5.41) is 11.7. The smallest absolute Gasteiger partial charge is 0.251 e. The second-order valence-corrected chi connectivity index (χ2v) is 5.37. The molecule has 0 saturated carbocycles. The average Bonchev–Trinajstić information content (AvgIpc) is 2.45. The molecule has 0 aromatic heterocycles. The molecule has 0 aliphatic heterocycles. The number of carbonyl (C=O) groups is 1. The van der Waals surface area contributed by atoms with Crippen molar-refractivity contribution < 1.29 is 4.79 Å². The van der Waals surface area contributed by atoms with Crippen molar-refractivity contribution in [3.8, 4) is 6.07 Å². The topological polar surface area (TPSA) is 52.9 Å². The molecule has 4 heteroatoms. The number of hydrogen-bond donors (Lipinski definition) is 1. The second kappa shape index (κ2) is 6.36. The molecule has 0 aliphatic carbocycles. The number of nitriles is 1. The van der Waals surface area contributed by atoms with E-state index in [4.69, 9.17) is 5.26 Å². The summed E-state index contributed by atoms with van der Waals surface area (Å²) in [6.45, 7) is 2.31. The van der Waals surface area contributed by atoms with E-state index in [-0.39, 0.29) is 5.91 Å². The van der Waals surface area contributed by atoms with Gasteiger partial charge in [0.1, 0.15) is 0 Å². The van der Waals surface area contributed by atoms with Crippen LogP contribution < -0.4 is 5.32 Å². The lowest BCUT2D eigenvalue weighted by Crippen LogP contribution is -2.23. The molecule has 0 heterocycles. The minimum absolute atomic E-state index is 0.114. The van der Waals surface area contributed by atoms with E-state index in [9.17, 15) is 4.79 Å². The highest BCUT2D eigenvalue weighted by molar-refractivity contribution is 9.10. The van der Waals surface area contributed by atoms with E-state index in [0.29, 0.717) is 17.7 Å². The van der Waals surface area contributed by atoms with Crippen LogP contribution in [0.15, 0.2) is 46.9 Å². The van der Waals surface area contributed by atoms with Gasteiger partial charge in [0.25, 0.3) is 5.91 Å². The zero-order chi connectivity index (χ0) is 14.5. The fourth-order valence-electron chi connectivity index (χ4n) is 1.91. The molecule has 1 amide bonds. The quantitative estimate of drug-likeness (QED) is 0.936. The largest absolute Gasteiger partial charge is 0.348 e. The van der Waals surface area contributed by atoms with Crippen molar-refractivity contribution in [2.45, 2.75) is 13.5 Å². The Kier molecular flexibility index (Phi) is 4.54. The lowest BCUT2D eigenvalue weighted by molar-refractivity contribution is 0.0950. The van der Waals surface area contributed by atoms with Crippen LogP contribution in [-0.4, -0.2) is 5.91 Å². The van der Waals surface area contributed by atoms with E-state index in [1.165, 1.54) is 0 Å². The minimum atomic E-state index is -0.114. The molecular formula is C16H13BrN2O. The number of rotatable bonds is 3. The lowest BCUT2D eigenvalue weighted by atomic mass is 10.1. The molecule has 0 spiro atoms. The summed E-state index contributed by atoms with van der Waals surface area (Å²) in [5.74, 6) is -0.114. The van der Waals surface area contributed by atoms with E-state index in [0.717, 1.165) is 15.6 Å². The first-order valence-electron chi connectivity index (χ1n) is 6.13. The third-order valence-electron chi connectivity index (χ3n) is 2.94. The first-order valence-corrected chi connectivity index (χ1v) is 6.93. The second-order valence-electron chi connectivity index (χ2n) is 4.45. The van der Waals surface area contributed by atoms with Crippen LogP contribution in [0.2, 0.25) is 0 Å². The molecule has 0 unspecified atom stereocenters. The summed E-state index contributed by atoms with van der Waals surface area (Å²) in [5.41, 5.74) is 3.08. The van der Waals surface area contributed by atoms with E-state index in [1.54, 1.807) is 18.2 Å². The van der Waals surface area contributed by atoms with Crippen LogP contribution in [0.1, 0.15) is 27.0 Å². The fourth-order valence-corrected chi connectivity index (χ4v) is 2.39. The SMILES string of the molecule is Cc1cc(Br)ccc1C(=O)NCc1cccc(C#N)c1. The van der Waals surface area contributed by atoms with E-state index in [2.05, 4.69) is 27.3 Å². The van der Waals surface area contributed by atoms with Gasteiger partial charge in [0.05, 0.1) is 11.6 Å². The van der Waals surface area contributed by atoms with Crippen LogP contribution >= 0.6 is 15.9 Å². The van der Waals surface area contributed by atoms with Crippen molar-refractivity contribution in [2.75, 3.05) is 0 Å². The van der Waals surface area contributed by atoms with Crippen molar-refractivity contribution in [2.24, 2.45) is 0 Å². The van der Waals surface area contributed by atoms with Gasteiger partial charge in [-0.2, -0.15) is 5.26 Å². The molecule has 3 nitrogen and oxygen atoms in total. The van der Waals surface area contributed by atoms with Crippen LogP contribution in [0.25, 0.3) is 0 Å². The first kappa shape index (κ1) is 14.3. The van der Waals surface area contributed by atoms with Crippen LogP contribution in [0, 0.1) is 18.3 Å². The zero-order valence-corrected chi connectivity index (χ0v) is 12.6. The van der Waals surface area contributed by atoms with Gasteiger partial charge in [0.2, 0.25) is 0 Å². The number of aryl methyl sites for hydroxylation is 1. The molecule has 1 N–H and O–H groups in total. The average molecular weight is 329 g/mol. The molecule has 2 aromatic carbocycles. The van der Waals surface area contributed by atoms with Gasteiger partial charge in [0, 0.05) is 16.6 Å². The Morgan fingerprint density at radius 1 is 1.30 bits per heavy atom. The van der Waals surface area contributed by atoms with Gasteiger partial charge < -0.3 is 5.32 Å². The lowest BCUT2D eigenvalue weighted by Gasteiger charge is -2.08. The van der Waals surface area contributed by atoms with Crippen LogP contribution in [0.4, 0.5) is 0 Å². The molecule has 0 atom stereocenters. The van der Waals surface area contributed by atoms with E-state index >= 15 is 0 Å². The summed E-state index contributed by atoms with van der Waals surface area (Å²) in [6, 6.07) is 14.8. The number of nitrogens with one attached hydrogen (secondary N) is 1. The van der Waals surface area contributed by atoms with Gasteiger partial charge in [0.15, 0.2) is 0 Å². The highest BCUT2D eigenvalue weighted by Gasteiger charge is 2.08. The number of halogens is 1. The molecule has 0 aliphatic rings. The van der Waals surface area contributed by atoms with Gasteiger partial charge in [-0.15, -0.1) is 0 Å². The predicted molar refractivity (Wildman–Crippen MR) is 81.2 cm³/mol. The van der Waals surface area contributed by atoms with E-state index in [1.807, 2.05) is 31.2 Å². The Morgan fingerprint density at radius 2 is 2.10 bits per heavy atom. The summed E-state index contributed by atoms with van der Waals surface area (Å²) < 4.78 is 0.952. The Morgan fingerprint density at radius 3 is 2.80 bits per heavy atom. The fraction of sp³-hybridized carbons (Fsp3) is 0.125. The summed E-state index contributed by atoms with van der Waals surface area (Å²) in [7, 11) is 0. The summed E-state index contributed by atoms with van der Waals surface area (Å²) in [6.07, 6.45) is 0. The van der Waals surface area contributed by atoms with Gasteiger partial charge in [-0.05, 0) is 48.4 Å². The molecule has 0 saturated heterocycles. The van der Waals surface area contributed by atoms with Gasteiger partial charge >= 0.3 is 0 Å². The van der Waals surface area contributed by atoms with Gasteiger partial charge in [-0.3, -0.25) is 4.79 Å². The minimum Gasteiger partial charge on any atom is -0.348 e. The normalized spacial score (nSPS) is 9.85. The Balaban J connectivity index is 2.07. The third-order valence-corrected chi connectivity index (χ3v) is 3.44. The van der Waals surface area contributed by atoms with Crippen LogP contribution in [0.5, 0.6) is 0 Å². The monoisotopic (exact) mass is 328 g/mol. The van der Waals surface area contributed by atoms with Gasteiger partial charge in [-0.1, -0.05) is 28.1 Å². The highest BCUT2D eigenvalue weighted by Crippen LogP contribution is 2.16. The molecule has 0 radical (unpaired) electrons.